The highest BCUT2D eigenvalue weighted by atomic mass is 16.3. The number of nitrogens with zero attached hydrogens (tertiary/aromatic N) is 1. The third-order valence-corrected chi connectivity index (χ3v) is 10.9. The van der Waals surface area contributed by atoms with Gasteiger partial charge in [-0.2, -0.15) is 0 Å². The summed E-state index contributed by atoms with van der Waals surface area (Å²) in [7, 11) is 0. The van der Waals surface area contributed by atoms with E-state index in [0.29, 0.717) is 0 Å². The molecule has 0 N–H and O–H groups in total. The lowest BCUT2D eigenvalue weighted by Gasteiger charge is -2.28. The Labute approximate surface area is 317 Å². The third-order valence-electron chi connectivity index (χ3n) is 10.9. The molecule has 0 spiro atoms. The second-order valence-corrected chi connectivity index (χ2v) is 14.0. The van der Waals surface area contributed by atoms with Gasteiger partial charge in [0.2, 0.25) is 0 Å². The van der Waals surface area contributed by atoms with Gasteiger partial charge in [0, 0.05) is 44.0 Å². The Hall–Kier alpha value is -7.36. The maximum atomic E-state index is 6.45. The molecule has 0 radical (unpaired) electrons. The fraction of sp³-hybridized carbons (Fsp3) is 0. The molecule has 258 valence electrons. The van der Waals surface area contributed by atoms with Gasteiger partial charge in [-0.15, -0.1) is 0 Å². The summed E-state index contributed by atoms with van der Waals surface area (Å²) in [5, 5.41) is 6.94. The summed E-state index contributed by atoms with van der Waals surface area (Å²) >= 11 is 0. The van der Waals surface area contributed by atoms with Gasteiger partial charge in [-0.3, -0.25) is 0 Å². The van der Waals surface area contributed by atoms with Crippen LogP contribution in [0, 0.1) is 0 Å². The van der Waals surface area contributed by atoms with E-state index in [2.05, 4.69) is 181 Å². The normalized spacial score (nSPS) is 11.6. The Bertz CT molecular complexity index is 3220. The number of rotatable bonds is 6. The van der Waals surface area contributed by atoms with Crippen molar-refractivity contribution < 1.29 is 8.83 Å². The second kappa shape index (κ2) is 12.6. The number of anilines is 3. The summed E-state index contributed by atoms with van der Waals surface area (Å²) in [6.07, 6.45) is 0. The maximum Gasteiger partial charge on any atom is 0.143 e. The highest BCUT2D eigenvalue weighted by molar-refractivity contribution is 6.14. The molecule has 3 heteroatoms. The van der Waals surface area contributed by atoms with E-state index >= 15 is 0 Å². The lowest BCUT2D eigenvalue weighted by Crippen LogP contribution is -2.11. The molecule has 0 bridgehead atoms. The first-order chi connectivity index (χ1) is 27.3. The van der Waals surface area contributed by atoms with E-state index < -0.39 is 0 Å². The van der Waals surface area contributed by atoms with E-state index in [1.807, 2.05) is 24.3 Å². The predicted octanol–water partition coefficient (Wildman–Crippen LogP) is 15.1. The number of fused-ring (bicyclic) bond motifs is 7. The van der Waals surface area contributed by atoms with Crippen LogP contribution in [-0.2, 0) is 0 Å². The number of para-hydroxylation sites is 4. The summed E-state index contributed by atoms with van der Waals surface area (Å²) in [6, 6.07) is 71.0. The first-order valence-corrected chi connectivity index (χ1v) is 18.7. The molecule has 55 heavy (non-hydrogen) atoms. The highest BCUT2D eigenvalue weighted by Crippen LogP contribution is 2.46. The van der Waals surface area contributed by atoms with Crippen molar-refractivity contribution >= 4 is 71.7 Å². The molecule has 0 unspecified atom stereocenters. The topological polar surface area (TPSA) is 29.5 Å². The Morgan fingerprint density at radius 1 is 0.327 bits per heavy atom. The van der Waals surface area contributed by atoms with E-state index in [-0.39, 0.29) is 0 Å². The van der Waals surface area contributed by atoms with Crippen molar-refractivity contribution in [3.8, 4) is 33.4 Å². The van der Waals surface area contributed by atoms with Crippen molar-refractivity contribution in [3.63, 3.8) is 0 Å². The smallest absolute Gasteiger partial charge is 0.143 e. The standard InChI is InChI=1S/C52H33NO2/c1-2-17-39-34(13-1)14-10-21-40(39)36-15-9-16-38(33-36)53(37-31-29-35(30-32-37)41-22-11-24-45-43-19-4-7-26-48(43)55-52(41)45)47-25-6-3-18-42(47)44-23-12-28-50-51(44)46-20-5-8-27-49(46)54-50/h1-33H. The van der Waals surface area contributed by atoms with Crippen LogP contribution in [-0.4, -0.2) is 0 Å². The van der Waals surface area contributed by atoms with Crippen molar-refractivity contribution in [1.82, 2.24) is 0 Å². The zero-order valence-electron chi connectivity index (χ0n) is 29.8. The molecule has 0 atom stereocenters. The molecule has 0 amide bonds. The third kappa shape index (κ3) is 5.13. The van der Waals surface area contributed by atoms with E-state index in [4.69, 9.17) is 8.83 Å². The first-order valence-electron chi connectivity index (χ1n) is 18.7. The number of furan rings is 2. The van der Waals surface area contributed by atoms with Crippen molar-refractivity contribution in [2.45, 2.75) is 0 Å². The van der Waals surface area contributed by atoms with Gasteiger partial charge in [0.1, 0.15) is 22.3 Å². The Morgan fingerprint density at radius 2 is 0.927 bits per heavy atom. The molecule has 2 heterocycles. The minimum atomic E-state index is 0.877. The van der Waals surface area contributed by atoms with Gasteiger partial charge < -0.3 is 13.7 Å². The molecular formula is C52H33NO2. The molecule has 0 saturated carbocycles. The molecule has 3 nitrogen and oxygen atoms in total. The zero-order valence-corrected chi connectivity index (χ0v) is 29.8. The van der Waals surface area contributed by atoms with Gasteiger partial charge in [0.15, 0.2) is 0 Å². The van der Waals surface area contributed by atoms with Crippen LogP contribution in [0.15, 0.2) is 209 Å². The molecule has 0 aliphatic rings. The van der Waals surface area contributed by atoms with Gasteiger partial charge in [-0.1, -0.05) is 152 Å². The average Bonchev–Trinajstić information content (AvgIpc) is 3.83. The SMILES string of the molecule is c1cc(-c2cccc3ccccc23)cc(N(c2ccc(-c3cccc4c3oc3ccccc34)cc2)c2ccccc2-c2cccc3oc4ccccc4c23)c1. The lowest BCUT2D eigenvalue weighted by atomic mass is 9.95. The Balaban J connectivity index is 1.11. The summed E-state index contributed by atoms with van der Waals surface area (Å²) in [5.41, 5.74) is 13.5. The molecule has 0 aliphatic carbocycles. The van der Waals surface area contributed by atoms with E-state index in [1.165, 1.54) is 16.3 Å². The van der Waals surface area contributed by atoms with Crippen LogP contribution in [0.5, 0.6) is 0 Å². The highest BCUT2D eigenvalue weighted by Gasteiger charge is 2.21. The zero-order chi connectivity index (χ0) is 36.3. The Morgan fingerprint density at radius 3 is 1.82 bits per heavy atom. The molecule has 11 aromatic rings. The van der Waals surface area contributed by atoms with E-state index in [0.717, 1.165) is 88.8 Å². The summed E-state index contributed by atoms with van der Waals surface area (Å²) in [4.78, 5) is 2.39. The monoisotopic (exact) mass is 703 g/mol. The number of benzene rings is 9. The van der Waals surface area contributed by atoms with Crippen molar-refractivity contribution in [1.29, 1.82) is 0 Å². The summed E-state index contributed by atoms with van der Waals surface area (Å²) < 4.78 is 12.8. The fourth-order valence-electron chi connectivity index (χ4n) is 8.38. The van der Waals surface area contributed by atoms with Gasteiger partial charge in [0.05, 0.1) is 5.69 Å². The number of hydrogen-bond acceptors (Lipinski definition) is 3. The minimum Gasteiger partial charge on any atom is -0.456 e. The largest absolute Gasteiger partial charge is 0.456 e. The number of hydrogen-bond donors (Lipinski definition) is 0. The molecule has 0 fully saturated rings. The van der Waals surface area contributed by atoms with Gasteiger partial charge >= 0.3 is 0 Å². The van der Waals surface area contributed by atoms with Crippen molar-refractivity contribution in [3.05, 3.63) is 200 Å². The van der Waals surface area contributed by atoms with Gasteiger partial charge in [-0.25, -0.2) is 0 Å². The van der Waals surface area contributed by atoms with Gasteiger partial charge in [-0.05, 0) is 81.6 Å². The average molecular weight is 704 g/mol. The maximum absolute atomic E-state index is 6.45. The summed E-state index contributed by atoms with van der Waals surface area (Å²) in [6.45, 7) is 0. The van der Waals surface area contributed by atoms with Crippen LogP contribution < -0.4 is 4.90 Å². The molecule has 0 saturated heterocycles. The van der Waals surface area contributed by atoms with Crippen LogP contribution >= 0.6 is 0 Å². The molecule has 9 aromatic carbocycles. The van der Waals surface area contributed by atoms with Crippen LogP contribution in [0.2, 0.25) is 0 Å². The molecular weight excluding hydrogens is 671 g/mol. The van der Waals surface area contributed by atoms with Gasteiger partial charge in [0.25, 0.3) is 0 Å². The first kappa shape index (κ1) is 31.2. The minimum absolute atomic E-state index is 0.877. The summed E-state index contributed by atoms with van der Waals surface area (Å²) in [5.74, 6) is 0. The fourth-order valence-corrected chi connectivity index (χ4v) is 8.38. The Kier molecular flexibility index (Phi) is 7.17. The molecule has 0 aliphatic heterocycles. The predicted molar refractivity (Wildman–Crippen MR) is 229 cm³/mol. The van der Waals surface area contributed by atoms with Crippen molar-refractivity contribution in [2.75, 3.05) is 4.90 Å². The lowest BCUT2D eigenvalue weighted by molar-refractivity contribution is 0.669. The van der Waals surface area contributed by atoms with Crippen LogP contribution in [0.4, 0.5) is 17.1 Å². The van der Waals surface area contributed by atoms with Crippen molar-refractivity contribution in [2.24, 2.45) is 0 Å². The molecule has 2 aromatic heterocycles. The molecule has 11 rings (SSSR count). The van der Waals surface area contributed by atoms with Crippen LogP contribution in [0.1, 0.15) is 0 Å². The van der Waals surface area contributed by atoms with Crippen LogP contribution in [0.25, 0.3) is 88.0 Å². The van der Waals surface area contributed by atoms with E-state index in [9.17, 15) is 0 Å². The van der Waals surface area contributed by atoms with Crippen LogP contribution in [0.3, 0.4) is 0 Å². The van der Waals surface area contributed by atoms with E-state index in [1.54, 1.807) is 0 Å². The second-order valence-electron chi connectivity index (χ2n) is 14.0. The quantitative estimate of drug-likeness (QED) is 0.173.